The minimum atomic E-state index is -0.360. The van der Waals surface area contributed by atoms with Crippen molar-refractivity contribution < 1.29 is 14.0 Å². The standard InChI is InChI=1S/C22H22Cl2N2O3/c23-15-5-12(6-16(24)7-15)17-1-2-18(29-17)20(27)26-19-13-3-11-4-14(19)10-22(8-11,9-13)21(25)28/h1-2,5-7,11,13-14,19H,3-4,8-10H2,(H2,25,28)(H,26,27). The second-order valence-electron chi connectivity index (χ2n) is 8.94. The van der Waals surface area contributed by atoms with Gasteiger partial charge in [-0.3, -0.25) is 9.59 Å². The third-order valence-electron chi connectivity index (χ3n) is 7.07. The summed E-state index contributed by atoms with van der Waals surface area (Å²) >= 11 is 12.1. The Hall–Kier alpha value is -1.98. The van der Waals surface area contributed by atoms with Crippen LogP contribution in [0.2, 0.25) is 10.0 Å². The SMILES string of the molecule is NC(=O)C12CC3CC(C1)C(NC(=O)c1ccc(-c4cc(Cl)cc(Cl)c4)o1)C(C3)C2. The van der Waals surface area contributed by atoms with E-state index in [0.29, 0.717) is 33.6 Å². The maximum Gasteiger partial charge on any atom is 0.287 e. The molecule has 6 rings (SSSR count). The number of nitrogens with two attached hydrogens (primary N) is 1. The molecule has 2 atom stereocenters. The van der Waals surface area contributed by atoms with Gasteiger partial charge in [-0.05, 0) is 80.2 Å². The van der Waals surface area contributed by atoms with Crippen molar-refractivity contribution in [2.24, 2.45) is 28.9 Å². The molecule has 4 saturated carbocycles. The molecular weight excluding hydrogens is 411 g/mol. The molecule has 0 aliphatic heterocycles. The largest absolute Gasteiger partial charge is 0.451 e. The van der Waals surface area contributed by atoms with Gasteiger partial charge in [-0.2, -0.15) is 0 Å². The van der Waals surface area contributed by atoms with Crippen molar-refractivity contribution in [3.8, 4) is 11.3 Å². The Balaban J connectivity index is 1.33. The minimum Gasteiger partial charge on any atom is -0.451 e. The average Bonchev–Trinajstić information content (AvgIpc) is 3.13. The van der Waals surface area contributed by atoms with Crippen molar-refractivity contribution in [3.63, 3.8) is 0 Å². The number of rotatable bonds is 4. The highest BCUT2D eigenvalue weighted by atomic mass is 35.5. The Bertz CT molecular complexity index is 965. The molecule has 1 aromatic carbocycles. The number of furan rings is 1. The number of amides is 2. The first-order valence-electron chi connectivity index (χ1n) is 10.00. The number of carbonyl (C=O) groups is 2. The van der Waals surface area contributed by atoms with E-state index in [2.05, 4.69) is 5.32 Å². The van der Waals surface area contributed by atoms with Gasteiger partial charge in [0.2, 0.25) is 5.91 Å². The van der Waals surface area contributed by atoms with Crippen LogP contribution in [0.1, 0.15) is 42.7 Å². The van der Waals surface area contributed by atoms with Crippen molar-refractivity contribution in [2.75, 3.05) is 0 Å². The monoisotopic (exact) mass is 432 g/mol. The summed E-state index contributed by atoms with van der Waals surface area (Å²) in [5, 5.41) is 4.20. The molecule has 4 fully saturated rings. The normalized spacial score (nSPS) is 32.3. The van der Waals surface area contributed by atoms with Gasteiger partial charge in [-0.1, -0.05) is 23.2 Å². The lowest BCUT2D eigenvalue weighted by atomic mass is 9.47. The van der Waals surface area contributed by atoms with Crippen molar-refractivity contribution in [3.05, 3.63) is 46.1 Å². The van der Waals surface area contributed by atoms with E-state index in [1.165, 1.54) is 0 Å². The lowest BCUT2D eigenvalue weighted by Gasteiger charge is -2.58. The lowest BCUT2D eigenvalue weighted by molar-refractivity contribution is -0.145. The van der Waals surface area contributed by atoms with Crippen molar-refractivity contribution in [1.29, 1.82) is 0 Å². The fourth-order valence-electron chi connectivity index (χ4n) is 6.10. The molecule has 0 saturated heterocycles. The zero-order valence-electron chi connectivity index (χ0n) is 15.8. The summed E-state index contributed by atoms with van der Waals surface area (Å²) in [6.45, 7) is 0. The highest BCUT2D eigenvalue weighted by Gasteiger charge is 2.58. The predicted molar refractivity (Wildman–Crippen MR) is 111 cm³/mol. The number of carbonyl (C=O) groups excluding carboxylic acids is 2. The second-order valence-corrected chi connectivity index (χ2v) is 9.81. The van der Waals surface area contributed by atoms with Gasteiger partial charge in [-0.15, -0.1) is 0 Å². The molecular formula is C22H22Cl2N2O3. The van der Waals surface area contributed by atoms with Crippen LogP contribution in [0, 0.1) is 23.2 Å². The lowest BCUT2D eigenvalue weighted by Crippen LogP contribution is -2.62. The number of benzene rings is 1. The van der Waals surface area contributed by atoms with Crippen LogP contribution in [0.25, 0.3) is 11.3 Å². The fourth-order valence-corrected chi connectivity index (χ4v) is 6.62. The molecule has 5 nitrogen and oxygen atoms in total. The van der Waals surface area contributed by atoms with Gasteiger partial charge >= 0.3 is 0 Å². The predicted octanol–water partition coefficient (Wildman–Crippen LogP) is 4.66. The summed E-state index contributed by atoms with van der Waals surface area (Å²) in [5.74, 6) is 1.56. The molecule has 29 heavy (non-hydrogen) atoms. The Morgan fingerprint density at radius 3 is 2.31 bits per heavy atom. The van der Waals surface area contributed by atoms with E-state index in [1.807, 2.05) is 0 Å². The van der Waals surface area contributed by atoms with Gasteiger partial charge in [0.25, 0.3) is 5.91 Å². The first kappa shape index (κ1) is 19.0. The molecule has 152 valence electrons. The molecule has 7 heteroatoms. The number of nitrogens with one attached hydrogen (secondary N) is 1. The van der Waals surface area contributed by atoms with E-state index in [0.717, 1.165) is 37.7 Å². The fraction of sp³-hybridized carbons (Fsp3) is 0.455. The quantitative estimate of drug-likeness (QED) is 0.735. The molecule has 4 bridgehead atoms. The van der Waals surface area contributed by atoms with E-state index < -0.39 is 0 Å². The van der Waals surface area contributed by atoms with Crippen molar-refractivity contribution >= 4 is 35.0 Å². The van der Waals surface area contributed by atoms with E-state index in [9.17, 15) is 9.59 Å². The molecule has 2 amide bonds. The molecule has 2 aromatic rings. The smallest absolute Gasteiger partial charge is 0.287 e. The van der Waals surface area contributed by atoms with Crippen LogP contribution < -0.4 is 11.1 Å². The van der Waals surface area contributed by atoms with Gasteiger partial charge in [0, 0.05) is 27.1 Å². The maximum atomic E-state index is 12.9. The van der Waals surface area contributed by atoms with Gasteiger partial charge < -0.3 is 15.5 Å². The second kappa shape index (κ2) is 6.78. The summed E-state index contributed by atoms with van der Waals surface area (Å²) < 4.78 is 5.79. The molecule has 0 radical (unpaired) electrons. The highest BCUT2D eigenvalue weighted by Crippen LogP contribution is 2.59. The molecule has 3 N–H and O–H groups in total. The van der Waals surface area contributed by atoms with Crippen LogP contribution >= 0.6 is 23.2 Å². The van der Waals surface area contributed by atoms with Crippen molar-refractivity contribution in [1.82, 2.24) is 5.32 Å². The van der Waals surface area contributed by atoms with Gasteiger partial charge in [-0.25, -0.2) is 0 Å². The summed E-state index contributed by atoms with van der Waals surface area (Å²) in [4.78, 5) is 25.0. The van der Waals surface area contributed by atoms with Crippen LogP contribution in [0.3, 0.4) is 0 Å². The first-order valence-corrected chi connectivity index (χ1v) is 10.8. The topological polar surface area (TPSA) is 85.3 Å². The van der Waals surface area contributed by atoms with E-state index in [4.69, 9.17) is 33.4 Å². The third-order valence-corrected chi connectivity index (χ3v) is 7.51. The summed E-state index contributed by atoms with van der Waals surface area (Å²) in [6, 6.07) is 8.62. The molecule has 1 aromatic heterocycles. The highest BCUT2D eigenvalue weighted by molar-refractivity contribution is 6.35. The Kier molecular flexibility index (Phi) is 4.44. The Morgan fingerprint density at radius 1 is 1.03 bits per heavy atom. The molecule has 4 aliphatic carbocycles. The van der Waals surface area contributed by atoms with Crippen molar-refractivity contribution in [2.45, 2.75) is 38.1 Å². The number of hydrogen-bond acceptors (Lipinski definition) is 3. The van der Waals surface area contributed by atoms with Crippen LogP contribution in [0.4, 0.5) is 0 Å². The van der Waals surface area contributed by atoms with Crippen LogP contribution in [0.15, 0.2) is 34.7 Å². The number of primary amides is 1. The summed E-state index contributed by atoms with van der Waals surface area (Å²) in [7, 11) is 0. The first-order chi connectivity index (χ1) is 13.8. The van der Waals surface area contributed by atoms with Crippen LogP contribution in [-0.2, 0) is 4.79 Å². The molecule has 1 heterocycles. The maximum absolute atomic E-state index is 12.9. The molecule has 0 spiro atoms. The third kappa shape index (κ3) is 3.24. The van der Waals surface area contributed by atoms with Crippen LogP contribution in [0.5, 0.6) is 0 Å². The minimum absolute atomic E-state index is 0.0701. The number of hydrogen-bond donors (Lipinski definition) is 2. The average molecular weight is 433 g/mol. The zero-order valence-corrected chi connectivity index (χ0v) is 17.3. The van der Waals surface area contributed by atoms with Gasteiger partial charge in [0.1, 0.15) is 5.76 Å². The Morgan fingerprint density at radius 2 is 1.69 bits per heavy atom. The molecule has 2 unspecified atom stereocenters. The summed E-state index contributed by atoms with van der Waals surface area (Å²) in [6.07, 6.45) is 4.59. The number of halogens is 2. The zero-order chi connectivity index (χ0) is 20.3. The van der Waals surface area contributed by atoms with E-state index >= 15 is 0 Å². The Labute approximate surface area is 178 Å². The van der Waals surface area contributed by atoms with E-state index in [1.54, 1.807) is 30.3 Å². The van der Waals surface area contributed by atoms with E-state index in [-0.39, 0.29) is 29.0 Å². The van der Waals surface area contributed by atoms with Crippen LogP contribution in [-0.4, -0.2) is 17.9 Å². The summed E-state index contributed by atoms with van der Waals surface area (Å²) in [5.41, 5.74) is 6.11. The molecule has 4 aliphatic rings. The van der Waals surface area contributed by atoms with Gasteiger partial charge in [0.15, 0.2) is 5.76 Å². The van der Waals surface area contributed by atoms with Gasteiger partial charge in [0.05, 0.1) is 0 Å².